The quantitative estimate of drug-likeness (QED) is 0.321. The lowest BCUT2D eigenvalue weighted by Crippen LogP contribution is -2.34. The third kappa shape index (κ3) is 5.00. The Labute approximate surface area is 242 Å². The molecule has 3 aliphatic rings. The third-order valence-electron chi connectivity index (χ3n) is 8.50. The van der Waals surface area contributed by atoms with E-state index in [4.69, 9.17) is 26.1 Å². The number of aromatic nitrogens is 6. The van der Waals surface area contributed by atoms with Crippen LogP contribution in [-0.2, 0) is 18.8 Å². The van der Waals surface area contributed by atoms with Crippen molar-refractivity contribution in [3.05, 3.63) is 76.3 Å². The normalized spacial score (nSPS) is 21.5. The summed E-state index contributed by atoms with van der Waals surface area (Å²) >= 11 is 6.04. The van der Waals surface area contributed by atoms with E-state index in [0.717, 1.165) is 73.6 Å². The number of hydrogen-bond acceptors (Lipinski definition) is 9. The molecule has 0 bridgehead atoms. The summed E-state index contributed by atoms with van der Waals surface area (Å²) in [5.74, 6) is 1.48. The van der Waals surface area contributed by atoms with E-state index in [9.17, 15) is 5.26 Å². The van der Waals surface area contributed by atoms with Crippen LogP contribution in [0, 0.1) is 16.7 Å². The van der Waals surface area contributed by atoms with Crippen LogP contribution in [0.4, 0.5) is 0 Å². The summed E-state index contributed by atoms with van der Waals surface area (Å²) in [5, 5.41) is 24.6. The van der Waals surface area contributed by atoms with Crippen molar-refractivity contribution in [1.82, 2.24) is 35.5 Å². The van der Waals surface area contributed by atoms with Crippen molar-refractivity contribution in [3.8, 4) is 29.0 Å². The van der Waals surface area contributed by atoms with Gasteiger partial charge in [-0.3, -0.25) is 14.9 Å². The minimum atomic E-state index is -0.998. The van der Waals surface area contributed by atoms with Gasteiger partial charge in [0.1, 0.15) is 5.69 Å². The maximum absolute atomic E-state index is 9.75. The summed E-state index contributed by atoms with van der Waals surface area (Å²) in [5.41, 5.74) is 4.53. The van der Waals surface area contributed by atoms with Crippen molar-refractivity contribution in [1.29, 1.82) is 5.26 Å². The van der Waals surface area contributed by atoms with Gasteiger partial charge in [-0.2, -0.15) is 5.26 Å². The number of piperidine rings is 1. The van der Waals surface area contributed by atoms with Gasteiger partial charge >= 0.3 is 0 Å². The van der Waals surface area contributed by atoms with Gasteiger partial charge in [0, 0.05) is 37.0 Å². The predicted molar refractivity (Wildman–Crippen MR) is 150 cm³/mol. The van der Waals surface area contributed by atoms with Gasteiger partial charge in [-0.25, -0.2) is 5.10 Å². The smallest absolute Gasteiger partial charge is 0.292 e. The Bertz CT molecular complexity index is 1610. The third-order valence-corrected chi connectivity index (χ3v) is 8.73. The fourth-order valence-corrected chi connectivity index (χ4v) is 6.03. The summed E-state index contributed by atoms with van der Waals surface area (Å²) in [4.78, 5) is 11.7. The topological polar surface area (TPSA) is 126 Å². The maximum Gasteiger partial charge on any atom is 0.292 e. The molecule has 3 aromatic heterocycles. The Morgan fingerprint density at radius 3 is 2.68 bits per heavy atom. The van der Waals surface area contributed by atoms with Gasteiger partial charge in [0.25, 0.3) is 5.79 Å². The zero-order chi connectivity index (χ0) is 28.0. The number of nitrogens with zero attached hydrogens (tertiary/aromatic N) is 7. The van der Waals surface area contributed by atoms with Crippen LogP contribution in [-0.4, -0.2) is 48.6 Å². The molecule has 1 atom stereocenters. The highest BCUT2D eigenvalue weighted by molar-refractivity contribution is 6.30. The lowest BCUT2D eigenvalue weighted by atomic mass is 9.88. The number of rotatable bonds is 7. The minimum absolute atomic E-state index is 0.270. The molecular formula is C30H29ClN8O2. The molecule has 2 aliphatic heterocycles. The first-order chi connectivity index (χ1) is 19.9. The molecule has 0 radical (unpaired) electrons. The van der Waals surface area contributed by atoms with E-state index in [0.29, 0.717) is 28.9 Å². The lowest BCUT2D eigenvalue weighted by Gasteiger charge is -2.33. The second-order valence-electron chi connectivity index (χ2n) is 11.4. The van der Waals surface area contributed by atoms with Gasteiger partial charge in [-0.05, 0) is 91.4 Å². The van der Waals surface area contributed by atoms with Crippen molar-refractivity contribution in [3.63, 3.8) is 0 Å². The summed E-state index contributed by atoms with van der Waals surface area (Å²) < 4.78 is 12.7. The fraction of sp³-hybridized carbons (Fsp3) is 0.400. The minimum Gasteiger partial charge on any atom is -0.443 e. The second kappa shape index (κ2) is 10.1. The van der Waals surface area contributed by atoms with Crippen molar-refractivity contribution in [2.24, 2.45) is 5.41 Å². The molecule has 1 N–H and O–H groups in total. The first-order valence-electron chi connectivity index (χ1n) is 13.9. The van der Waals surface area contributed by atoms with E-state index in [2.05, 4.69) is 48.7 Å². The number of tetrazole rings is 1. The van der Waals surface area contributed by atoms with Gasteiger partial charge in [-0.1, -0.05) is 23.7 Å². The van der Waals surface area contributed by atoms with E-state index >= 15 is 0 Å². The molecule has 0 unspecified atom stereocenters. The number of likely N-dealkylation sites (tertiary alicyclic amines) is 1. The number of nitriles is 1. The standard InChI is InChI=1S/C30H29ClN8O2/c1-29(26-6-5-22(31)16-34-26)40-25-4-2-3-23(27(25)41-29)19-7-11-39(12-8-19)17-24-20(14-30(18-32)9-10-30)13-21(15-33-24)28-35-37-38-36-28/h2-6,13,15-16,19H,7-12,14,17H2,1H3,(H,35,36,37,38)/t29-/m0/s1. The molecule has 1 saturated heterocycles. The average molecular weight is 569 g/mol. The zero-order valence-electron chi connectivity index (χ0n) is 22.7. The molecule has 1 saturated carbocycles. The van der Waals surface area contributed by atoms with Gasteiger partial charge in [0.15, 0.2) is 17.3 Å². The van der Waals surface area contributed by atoms with Crippen LogP contribution in [0.25, 0.3) is 11.4 Å². The summed E-state index contributed by atoms with van der Waals surface area (Å²) in [6, 6.07) is 14.4. The number of benzene rings is 1. The Kier molecular flexibility index (Phi) is 6.36. The zero-order valence-corrected chi connectivity index (χ0v) is 23.4. The van der Waals surface area contributed by atoms with Crippen LogP contribution < -0.4 is 9.47 Å². The van der Waals surface area contributed by atoms with Crippen LogP contribution >= 0.6 is 11.6 Å². The molecular weight excluding hydrogens is 540 g/mol. The summed E-state index contributed by atoms with van der Waals surface area (Å²) in [6.45, 7) is 4.50. The number of nitrogens with one attached hydrogen (secondary N) is 1. The lowest BCUT2D eigenvalue weighted by molar-refractivity contribution is -0.0722. The highest BCUT2D eigenvalue weighted by atomic mass is 35.5. The van der Waals surface area contributed by atoms with E-state index in [1.165, 1.54) is 5.56 Å². The predicted octanol–water partition coefficient (Wildman–Crippen LogP) is 5.18. The number of fused-ring (bicyclic) bond motifs is 1. The number of ether oxygens (including phenoxy) is 2. The van der Waals surface area contributed by atoms with Gasteiger partial charge in [0.05, 0.1) is 22.2 Å². The van der Waals surface area contributed by atoms with Gasteiger partial charge in [-0.15, -0.1) is 5.10 Å². The Morgan fingerprint density at radius 1 is 1.12 bits per heavy atom. The van der Waals surface area contributed by atoms with Crippen molar-refractivity contribution >= 4 is 11.6 Å². The van der Waals surface area contributed by atoms with E-state index < -0.39 is 5.79 Å². The van der Waals surface area contributed by atoms with Crippen LogP contribution in [0.3, 0.4) is 0 Å². The molecule has 7 rings (SSSR count). The number of aromatic amines is 1. The molecule has 0 spiro atoms. The number of H-pyrrole nitrogens is 1. The Balaban J connectivity index is 1.06. The van der Waals surface area contributed by atoms with Crippen LogP contribution in [0.5, 0.6) is 11.5 Å². The molecule has 11 heteroatoms. The molecule has 0 amide bonds. The first-order valence-corrected chi connectivity index (χ1v) is 14.3. The number of pyridine rings is 2. The summed E-state index contributed by atoms with van der Waals surface area (Å²) in [6.07, 6.45) is 7.98. The average Bonchev–Trinajstić information content (AvgIpc) is 3.37. The fourth-order valence-electron chi connectivity index (χ4n) is 5.92. The maximum atomic E-state index is 9.75. The molecule has 41 heavy (non-hydrogen) atoms. The van der Waals surface area contributed by atoms with E-state index in [-0.39, 0.29) is 5.41 Å². The number of para-hydroxylation sites is 1. The van der Waals surface area contributed by atoms with E-state index in [1.54, 1.807) is 12.3 Å². The van der Waals surface area contributed by atoms with Gasteiger partial charge in [0.2, 0.25) is 0 Å². The van der Waals surface area contributed by atoms with Crippen molar-refractivity contribution < 1.29 is 9.47 Å². The van der Waals surface area contributed by atoms with Crippen LogP contribution in [0.15, 0.2) is 48.8 Å². The Morgan fingerprint density at radius 2 is 1.98 bits per heavy atom. The van der Waals surface area contributed by atoms with Crippen LogP contribution in [0.2, 0.25) is 5.02 Å². The highest BCUT2D eigenvalue weighted by Crippen LogP contribution is 2.50. The monoisotopic (exact) mass is 568 g/mol. The molecule has 4 aromatic rings. The number of hydrogen-bond donors (Lipinski definition) is 1. The molecule has 2 fully saturated rings. The SMILES string of the molecule is C[C@]1(c2ccc(Cl)cn2)Oc2cccc(C3CCN(Cc4ncc(-c5nnn[nH]5)cc4CC4(C#N)CC4)CC3)c2O1. The van der Waals surface area contributed by atoms with Gasteiger partial charge < -0.3 is 9.47 Å². The molecule has 10 nitrogen and oxygen atoms in total. The molecule has 208 valence electrons. The molecule has 5 heterocycles. The van der Waals surface area contributed by atoms with E-state index in [1.807, 2.05) is 31.3 Å². The summed E-state index contributed by atoms with van der Waals surface area (Å²) in [7, 11) is 0. The number of halogens is 1. The largest absolute Gasteiger partial charge is 0.443 e. The molecule has 1 aromatic carbocycles. The molecule has 1 aliphatic carbocycles. The van der Waals surface area contributed by atoms with Crippen molar-refractivity contribution in [2.45, 2.75) is 57.3 Å². The second-order valence-corrected chi connectivity index (χ2v) is 11.8. The highest BCUT2D eigenvalue weighted by Gasteiger charge is 2.44. The first kappa shape index (κ1) is 25.9. The van der Waals surface area contributed by atoms with Crippen molar-refractivity contribution in [2.75, 3.05) is 13.1 Å². The van der Waals surface area contributed by atoms with Crippen LogP contribution in [0.1, 0.15) is 61.0 Å². The Hall–Kier alpha value is -4.07.